The lowest BCUT2D eigenvalue weighted by Gasteiger charge is -2.40. The Bertz CT molecular complexity index is 1930. The number of tetrazole rings is 1. The smallest absolute Gasteiger partial charge is 0.335 e. The number of aromatic nitrogens is 4. The highest BCUT2D eigenvalue weighted by Gasteiger charge is 2.39. The van der Waals surface area contributed by atoms with Gasteiger partial charge < -0.3 is 19.8 Å². The van der Waals surface area contributed by atoms with Gasteiger partial charge in [-0.1, -0.05) is 23.7 Å². The van der Waals surface area contributed by atoms with E-state index in [1.807, 2.05) is 18.0 Å². The van der Waals surface area contributed by atoms with E-state index >= 15 is 4.39 Å². The highest BCUT2D eigenvalue weighted by molar-refractivity contribution is 6.31. The molecule has 48 heavy (non-hydrogen) atoms. The molecule has 0 spiro atoms. The van der Waals surface area contributed by atoms with Crippen LogP contribution in [0.1, 0.15) is 33.1 Å². The van der Waals surface area contributed by atoms with Gasteiger partial charge >= 0.3 is 5.97 Å². The van der Waals surface area contributed by atoms with Gasteiger partial charge in [-0.2, -0.15) is 4.68 Å². The Morgan fingerprint density at radius 3 is 2.50 bits per heavy atom. The second-order valence-corrected chi connectivity index (χ2v) is 11.9. The fraction of sp³-hybridized carbons (Fsp3) is 0.242. The summed E-state index contributed by atoms with van der Waals surface area (Å²) < 4.78 is 16.5. The van der Waals surface area contributed by atoms with Crippen LogP contribution in [-0.2, 0) is 20.8 Å². The summed E-state index contributed by atoms with van der Waals surface area (Å²) in [5.74, 6) is -3.00. The van der Waals surface area contributed by atoms with Crippen molar-refractivity contribution in [2.75, 3.05) is 50.1 Å². The first kappa shape index (κ1) is 32.5. The van der Waals surface area contributed by atoms with Crippen LogP contribution in [0.3, 0.4) is 0 Å². The number of nitrogens with zero attached hydrogens (tertiary/aromatic N) is 8. The number of aromatic carboxylic acids is 1. The molecule has 3 aromatic carbocycles. The highest BCUT2D eigenvalue weighted by atomic mass is 35.5. The molecule has 6 rings (SSSR count). The molecule has 3 amide bonds. The molecule has 2 aliphatic heterocycles. The third-order valence-electron chi connectivity index (χ3n) is 8.55. The van der Waals surface area contributed by atoms with Crippen LogP contribution in [0.2, 0.25) is 5.02 Å². The molecule has 1 fully saturated rings. The molecule has 1 N–H and O–H groups in total. The zero-order valence-corrected chi connectivity index (χ0v) is 26.7. The van der Waals surface area contributed by atoms with Gasteiger partial charge in [-0.25, -0.2) is 9.18 Å². The molecule has 0 bridgehead atoms. The molecule has 1 aromatic heterocycles. The van der Waals surface area contributed by atoms with E-state index in [0.29, 0.717) is 36.4 Å². The predicted molar refractivity (Wildman–Crippen MR) is 174 cm³/mol. The van der Waals surface area contributed by atoms with Gasteiger partial charge in [0.1, 0.15) is 12.4 Å². The number of benzene rings is 3. The number of carboxylic acids is 1. The molecule has 4 aromatic rings. The van der Waals surface area contributed by atoms with Crippen molar-refractivity contribution in [1.29, 1.82) is 0 Å². The first-order valence-corrected chi connectivity index (χ1v) is 15.3. The largest absolute Gasteiger partial charge is 0.478 e. The van der Waals surface area contributed by atoms with E-state index in [2.05, 4.69) is 15.5 Å². The maximum atomic E-state index is 15.3. The number of hydrogen-bond acceptors (Lipinski definition) is 8. The number of carboxylic acid groups (broad SMARTS) is 1. The molecule has 0 aliphatic carbocycles. The van der Waals surface area contributed by atoms with Crippen molar-refractivity contribution in [2.45, 2.75) is 12.5 Å². The molecule has 15 heteroatoms. The lowest BCUT2D eigenvalue weighted by Crippen LogP contribution is -2.50. The summed E-state index contributed by atoms with van der Waals surface area (Å²) in [7, 11) is 3.42. The van der Waals surface area contributed by atoms with Crippen LogP contribution < -0.4 is 9.80 Å². The molecular weight excluding hydrogens is 643 g/mol. The number of amides is 3. The SMILES string of the molecule is CN1CCN(c2cccc3c2CCN(C(=O)C=Cc2c(-n4cnnn4)ccc(Cl)c2F)C3C(=O)N(C)c2ccc(C(=O)O)cc2)C(=O)C1. The normalized spacial score (nSPS) is 16.7. The topological polar surface area (TPSA) is 145 Å². The molecule has 1 unspecified atom stereocenters. The summed E-state index contributed by atoms with van der Waals surface area (Å²) in [6, 6.07) is 12.9. The summed E-state index contributed by atoms with van der Waals surface area (Å²) in [5, 5.41) is 20.2. The van der Waals surface area contributed by atoms with Gasteiger partial charge in [0.25, 0.3) is 5.91 Å². The van der Waals surface area contributed by atoms with Crippen LogP contribution in [0.25, 0.3) is 11.8 Å². The first-order chi connectivity index (χ1) is 23.0. The van der Waals surface area contributed by atoms with Crippen LogP contribution in [0.4, 0.5) is 15.8 Å². The summed E-state index contributed by atoms with van der Waals surface area (Å²) in [5.41, 5.74) is 2.70. The molecule has 3 heterocycles. The third-order valence-corrected chi connectivity index (χ3v) is 8.84. The van der Waals surface area contributed by atoms with E-state index in [-0.39, 0.29) is 40.8 Å². The molecule has 1 atom stereocenters. The molecular formula is C33H30ClFN8O5. The summed E-state index contributed by atoms with van der Waals surface area (Å²) in [6.07, 6.45) is 4.07. The standard InChI is InChI=1S/C33H30ClFN8O5/c1-39-16-17-41(29(45)18-39)26-5-3-4-23-22(26)14-15-42(31(23)32(46)40(2)21-8-6-20(7-9-21)33(47)48)28(44)13-10-24-27(43-19-36-37-38-43)12-11-25(34)30(24)35/h3-13,19,31H,14-18H2,1-2H3,(H,47,48). The van der Waals surface area contributed by atoms with Gasteiger partial charge in [-0.15, -0.1) is 5.10 Å². The maximum absolute atomic E-state index is 15.3. The van der Waals surface area contributed by atoms with Crippen LogP contribution in [0.5, 0.6) is 0 Å². The Morgan fingerprint density at radius 1 is 1.04 bits per heavy atom. The van der Waals surface area contributed by atoms with Gasteiger partial charge in [-0.3, -0.25) is 19.3 Å². The van der Waals surface area contributed by atoms with Crippen molar-refractivity contribution in [2.24, 2.45) is 0 Å². The average molecular weight is 673 g/mol. The van der Waals surface area contributed by atoms with Gasteiger partial charge in [0.2, 0.25) is 11.8 Å². The molecule has 0 radical (unpaired) electrons. The molecule has 246 valence electrons. The van der Waals surface area contributed by atoms with Gasteiger partial charge in [0.15, 0.2) is 5.82 Å². The van der Waals surface area contributed by atoms with Crippen LogP contribution in [0, 0.1) is 5.82 Å². The average Bonchev–Trinajstić information content (AvgIpc) is 3.62. The fourth-order valence-electron chi connectivity index (χ4n) is 6.03. The first-order valence-electron chi connectivity index (χ1n) is 15.0. The fourth-order valence-corrected chi connectivity index (χ4v) is 6.19. The zero-order chi connectivity index (χ0) is 34.1. The number of anilines is 2. The van der Waals surface area contributed by atoms with Crippen molar-refractivity contribution in [3.63, 3.8) is 0 Å². The van der Waals surface area contributed by atoms with Crippen molar-refractivity contribution < 1.29 is 28.7 Å². The molecule has 13 nitrogen and oxygen atoms in total. The number of halogens is 2. The number of fused-ring (bicyclic) bond motifs is 1. The van der Waals surface area contributed by atoms with Crippen LogP contribution >= 0.6 is 11.6 Å². The number of hydrogen-bond donors (Lipinski definition) is 1. The number of likely N-dealkylation sites (N-methyl/N-ethyl adjacent to an activating group) is 2. The zero-order valence-electron chi connectivity index (χ0n) is 26.0. The number of piperazine rings is 1. The summed E-state index contributed by atoms with van der Waals surface area (Å²) >= 11 is 6.07. The van der Waals surface area contributed by atoms with Gasteiger partial charge in [0.05, 0.1) is 22.8 Å². The van der Waals surface area contributed by atoms with E-state index in [4.69, 9.17) is 11.6 Å². The molecule has 0 saturated carbocycles. The van der Waals surface area contributed by atoms with Crippen molar-refractivity contribution in [3.05, 3.63) is 100 Å². The van der Waals surface area contributed by atoms with Crippen molar-refractivity contribution in [1.82, 2.24) is 30.0 Å². The Morgan fingerprint density at radius 2 is 1.81 bits per heavy atom. The Kier molecular flexibility index (Phi) is 9.02. The number of carbonyl (C=O) groups excluding carboxylic acids is 3. The monoisotopic (exact) mass is 672 g/mol. The number of rotatable bonds is 7. The minimum Gasteiger partial charge on any atom is -0.478 e. The minimum atomic E-state index is -1.12. The maximum Gasteiger partial charge on any atom is 0.335 e. The van der Waals surface area contributed by atoms with E-state index in [1.165, 1.54) is 69.4 Å². The van der Waals surface area contributed by atoms with E-state index in [1.54, 1.807) is 24.1 Å². The van der Waals surface area contributed by atoms with E-state index in [9.17, 15) is 24.3 Å². The second-order valence-electron chi connectivity index (χ2n) is 11.4. The van der Waals surface area contributed by atoms with Crippen LogP contribution in [0.15, 0.2) is 67.0 Å². The Hall–Kier alpha value is -5.47. The van der Waals surface area contributed by atoms with E-state index in [0.717, 1.165) is 5.56 Å². The summed E-state index contributed by atoms with van der Waals surface area (Å²) in [6.45, 7) is 1.52. The second kappa shape index (κ2) is 13.3. The summed E-state index contributed by atoms with van der Waals surface area (Å²) in [4.78, 5) is 59.2. The van der Waals surface area contributed by atoms with Gasteiger partial charge in [-0.05, 0) is 83.6 Å². The Labute approximate surface area is 279 Å². The number of carbonyl (C=O) groups is 4. The lowest BCUT2D eigenvalue weighted by atomic mass is 9.89. The highest BCUT2D eigenvalue weighted by Crippen LogP contribution is 2.38. The van der Waals surface area contributed by atoms with Crippen LogP contribution in [-0.4, -0.2) is 99.1 Å². The Balaban J connectivity index is 1.39. The lowest BCUT2D eigenvalue weighted by molar-refractivity contribution is -0.136. The van der Waals surface area contributed by atoms with Crippen molar-refractivity contribution >= 4 is 52.7 Å². The third kappa shape index (κ3) is 6.14. The van der Waals surface area contributed by atoms with Gasteiger partial charge in [0, 0.05) is 49.7 Å². The van der Waals surface area contributed by atoms with E-state index < -0.39 is 29.6 Å². The predicted octanol–water partition coefficient (Wildman–Crippen LogP) is 3.23. The minimum absolute atomic E-state index is 0.0325. The van der Waals surface area contributed by atoms with Crippen molar-refractivity contribution in [3.8, 4) is 5.69 Å². The molecule has 1 saturated heterocycles. The molecule has 2 aliphatic rings. The quantitative estimate of drug-likeness (QED) is 0.293.